The predicted octanol–water partition coefficient (Wildman–Crippen LogP) is 0.965. The molecule has 0 fully saturated rings. The SMILES string of the molecule is CCCCN(C)c1ncccc1S(N)(=O)=O. The first-order valence-electron chi connectivity index (χ1n) is 5.15. The third kappa shape index (κ3) is 3.18. The lowest BCUT2D eigenvalue weighted by Crippen LogP contribution is -2.24. The van der Waals surface area contributed by atoms with E-state index in [2.05, 4.69) is 11.9 Å². The van der Waals surface area contributed by atoms with Crippen molar-refractivity contribution in [1.29, 1.82) is 0 Å². The van der Waals surface area contributed by atoms with Crippen LogP contribution >= 0.6 is 0 Å². The van der Waals surface area contributed by atoms with Gasteiger partial charge in [0.1, 0.15) is 10.7 Å². The van der Waals surface area contributed by atoms with Crippen LogP contribution < -0.4 is 10.0 Å². The maximum absolute atomic E-state index is 11.3. The van der Waals surface area contributed by atoms with Crippen molar-refractivity contribution in [3.63, 3.8) is 0 Å². The summed E-state index contributed by atoms with van der Waals surface area (Å²) in [6.07, 6.45) is 3.59. The Morgan fingerprint density at radius 3 is 2.75 bits per heavy atom. The Bertz CT molecular complexity index is 445. The molecule has 1 aromatic heterocycles. The number of hydrogen-bond donors (Lipinski definition) is 1. The summed E-state index contributed by atoms with van der Waals surface area (Å²) in [6, 6.07) is 3.04. The van der Waals surface area contributed by atoms with Crippen LogP contribution in [0, 0.1) is 0 Å². The van der Waals surface area contributed by atoms with Crippen LogP contribution in [0.1, 0.15) is 19.8 Å². The summed E-state index contributed by atoms with van der Waals surface area (Å²) in [5.41, 5.74) is 0. The van der Waals surface area contributed by atoms with Gasteiger partial charge in [0, 0.05) is 19.8 Å². The maximum Gasteiger partial charge on any atom is 0.241 e. The fourth-order valence-corrected chi connectivity index (χ4v) is 2.12. The molecule has 0 saturated carbocycles. The number of sulfonamides is 1. The Morgan fingerprint density at radius 2 is 2.19 bits per heavy atom. The highest BCUT2D eigenvalue weighted by Gasteiger charge is 2.16. The number of primary sulfonamides is 1. The summed E-state index contributed by atoms with van der Waals surface area (Å²) in [7, 11) is -1.90. The van der Waals surface area contributed by atoms with Gasteiger partial charge in [0.2, 0.25) is 10.0 Å². The highest BCUT2D eigenvalue weighted by Crippen LogP contribution is 2.19. The van der Waals surface area contributed by atoms with E-state index in [0.717, 1.165) is 19.4 Å². The Kier molecular flexibility index (Phi) is 4.26. The first kappa shape index (κ1) is 12.9. The van der Waals surface area contributed by atoms with Crippen molar-refractivity contribution in [2.45, 2.75) is 24.7 Å². The number of unbranched alkanes of at least 4 members (excludes halogenated alkanes) is 1. The molecule has 0 aromatic carbocycles. The molecular weight excluding hydrogens is 226 g/mol. The van der Waals surface area contributed by atoms with Crippen molar-refractivity contribution < 1.29 is 8.42 Å². The van der Waals surface area contributed by atoms with Crippen molar-refractivity contribution in [2.24, 2.45) is 5.14 Å². The van der Waals surface area contributed by atoms with E-state index in [0.29, 0.717) is 5.82 Å². The van der Waals surface area contributed by atoms with E-state index in [-0.39, 0.29) is 4.90 Å². The fourth-order valence-electron chi connectivity index (χ4n) is 1.39. The Balaban J connectivity index is 3.04. The van der Waals surface area contributed by atoms with E-state index >= 15 is 0 Å². The molecule has 6 heteroatoms. The molecule has 90 valence electrons. The number of pyridine rings is 1. The summed E-state index contributed by atoms with van der Waals surface area (Å²) in [4.78, 5) is 5.95. The Hall–Kier alpha value is -1.14. The highest BCUT2D eigenvalue weighted by atomic mass is 32.2. The molecule has 1 aromatic rings. The van der Waals surface area contributed by atoms with Gasteiger partial charge in [0.15, 0.2) is 0 Å². The van der Waals surface area contributed by atoms with E-state index in [9.17, 15) is 8.42 Å². The molecule has 2 N–H and O–H groups in total. The van der Waals surface area contributed by atoms with Gasteiger partial charge in [-0.05, 0) is 18.6 Å². The summed E-state index contributed by atoms with van der Waals surface area (Å²) in [6.45, 7) is 2.84. The number of aromatic nitrogens is 1. The number of hydrogen-bond acceptors (Lipinski definition) is 4. The zero-order valence-corrected chi connectivity index (χ0v) is 10.4. The van der Waals surface area contributed by atoms with Gasteiger partial charge >= 0.3 is 0 Å². The fraction of sp³-hybridized carbons (Fsp3) is 0.500. The van der Waals surface area contributed by atoms with Crippen molar-refractivity contribution in [1.82, 2.24) is 4.98 Å². The number of rotatable bonds is 5. The molecule has 0 unspecified atom stereocenters. The van der Waals surface area contributed by atoms with Crippen molar-refractivity contribution in [3.05, 3.63) is 18.3 Å². The zero-order chi connectivity index (χ0) is 12.2. The summed E-state index contributed by atoms with van der Waals surface area (Å²) in [5.74, 6) is 0.415. The first-order valence-corrected chi connectivity index (χ1v) is 6.70. The van der Waals surface area contributed by atoms with Gasteiger partial charge in [-0.3, -0.25) is 0 Å². The smallest absolute Gasteiger partial charge is 0.241 e. The largest absolute Gasteiger partial charge is 0.359 e. The number of anilines is 1. The molecule has 0 radical (unpaired) electrons. The standard InChI is InChI=1S/C10H17N3O2S/c1-3-4-8-13(2)10-9(16(11,14)15)6-5-7-12-10/h5-7H,3-4,8H2,1-2H3,(H2,11,14,15). The molecule has 0 aliphatic heterocycles. The molecule has 0 aliphatic rings. The van der Waals surface area contributed by atoms with Gasteiger partial charge in [-0.2, -0.15) is 0 Å². The van der Waals surface area contributed by atoms with Gasteiger partial charge in [0.05, 0.1) is 0 Å². The van der Waals surface area contributed by atoms with Gasteiger partial charge in [-0.1, -0.05) is 13.3 Å². The molecule has 0 atom stereocenters. The van der Waals surface area contributed by atoms with Gasteiger partial charge in [-0.25, -0.2) is 18.5 Å². The van der Waals surface area contributed by atoms with Crippen LogP contribution in [-0.4, -0.2) is 27.0 Å². The molecule has 16 heavy (non-hydrogen) atoms. The number of nitrogens with two attached hydrogens (primary N) is 1. The third-order valence-electron chi connectivity index (χ3n) is 2.27. The minimum absolute atomic E-state index is 0.0774. The topological polar surface area (TPSA) is 76.3 Å². The average Bonchev–Trinajstić information content (AvgIpc) is 2.24. The van der Waals surface area contributed by atoms with Crippen LogP contribution in [0.5, 0.6) is 0 Å². The van der Waals surface area contributed by atoms with Crippen LogP contribution in [-0.2, 0) is 10.0 Å². The van der Waals surface area contributed by atoms with Gasteiger partial charge < -0.3 is 4.90 Å². The Labute approximate surface area is 96.3 Å². The second-order valence-corrected chi connectivity index (χ2v) is 5.18. The highest BCUT2D eigenvalue weighted by molar-refractivity contribution is 7.89. The first-order chi connectivity index (χ1) is 7.46. The normalized spacial score (nSPS) is 11.4. The molecule has 0 bridgehead atoms. The summed E-state index contributed by atoms with van der Waals surface area (Å²) in [5, 5.41) is 5.13. The van der Waals surface area contributed by atoms with E-state index in [4.69, 9.17) is 5.14 Å². The lowest BCUT2D eigenvalue weighted by atomic mass is 10.3. The maximum atomic E-state index is 11.3. The van der Waals surface area contributed by atoms with Crippen molar-refractivity contribution >= 4 is 15.8 Å². The lowest BCUT2D eigenvalue weighted by molar-refractivity contribution is 0.597. The quantitative estimate of drug-likeness (QED) is 0.836. The van der Waals surface area contributed by atoms with E-state index in [1.807, 2.05) is 11.9 Å². The molecule has 1 heterocycles. The van der Waals surface area contributed by atoms with E-state index in [1.165, 1.54) is 6.07 Å². The third-order valence-corrected chi connectivity index (χ3v) is 3.20. The molecule has 0 aliphatic carbocycles. The molecular formula is C10H17N3O2S. The van der Waals surface area contributed by atoms with Gasteiger partial charge in [0.25, 0.3) is 0 Å². The molecule has 0 amide bonds. The minimum Gasteiger partial charge on any atom is -0.359 e. The summed E-state index contributed by atoms with van der Waals surface area (Å²) >= 11 is 0. The zero-order valence-electron chi connectivity index (χ0n) is 9.55. The average molecular weight is 243 g/mol. The Morgan fingerprint density at radius 1 is 1.50 bits per heavy atom. The minimum atomic E-state index is -3.71. The number of nitrogens with zero attached hydrogens (tertiary/aromatic N) is 2. The van der Waals surface area contributed by atoms with Crippen LogP contribution in [0.15, 0.2) is 23.2 Å². The molecule has 5 nitrogen and oxygen atoms in total. The second-order valence-electron chi connectivity index (χ2n) is 3.65. The van der Waals surface area contributed by atoms with Crippen LogP contribution in [0.3, 0.4) is 0 Å². The predicted molar refractivity (Wildman–Crippen MR) is 63.8 cm³/mol. The second kappa shape index (κ2) is 5.27. The monoisotopic (exact) mass is 243 g/mol. The lowest BCUT2D eigenvalue weighted by Gasteiger charge is -2.19. The van der Waals surface area contributed by atoms with Crippen molar-refractivity contribution in [2.75, 3.05) is 18.5 Å². The van der Waals surface area contributed by atoms with Gasteiger partial charge in [-0.15, -0.1) is 0 Å². The van der Waals surface area contributed by atoms with Crippen LogP contribution in [0.4, 0.5) is 5.82 Å². The van der Waals surface area contributed by atoms with Crippen LogP contribution in [0.2, 0.25) is 0 Å². The van der Waals surface area contributed by atoms with Crippen LogP contribution in [0.25, 0.3) is 0 Å². The van der Waals surface area contributed by atoms with E-state index in [1.54, 1.807) is 12.3 Å². The molecule has 1 rings (SSSR count). The van der Waals surface area contributed by atoms with Crippen molar-refractivity contribution in [3.8, 4) is 0 Å². The summed E-state index contributed by atoms with van der Waals surface area (Å²) < 4.78 is 22.7. The molecule has 0 spiro atoms. The molecule has 0 saturated heterocycles. The van der Waals surface area contributed by atoms with E-state index < -0.39 is 10.0 Å².